The topological polar surface area (TPSA) is 63.5 Å². The van der Waals surface area contributed by atoms with Crippen LogP contribution in [0.15, 0.2) is 23.6 Å². The van der Waals surface area contributed by atoms with Crippen molar-refractivity contribution in [1.82, 2.24) is 4.90 Å². The lowest BCUT2D eigenvalue weighted by Crippen LogP contribution is -2.32. The Morgan fingerprint density at radius 3 is 2.52 bits per heavy atom. The molecular formula is C15H18N2O3S. The first-order valence-electron chi connectivity index (χ1n) is 7.03. The molecule has 0 aliphatic heterocycles. The highest BCUT2D eigenvalue weighted by molar-refractivity contribution is 7.17. The molecular weight excluding hydrogens is 288 g/mol. The van der Waals surface area contributed by atoms with Crippen molar-refractivity contribution in [2.45, 2.75) is 26.7 Å². The van der Waals surface area contributed by atoms with E-state index in [0.717, 1.165) is 17.5 Å². The Bertz CT molecular complexity index is 660. The van der Waals surface area contributed by atoms with Gasteiger partial charge in [-0.05, 0) is 18.9 Å². The first kappa shape index (κ1) is 15.4. The minimum Gasteiger partial charge on any atom is -0.339 e. The van der Waals surface area contributed by atoms with Crippen LogP contribution in [0.2, 0.25) is 0 Å². The van der Waals surface area contributed by atoms with Gasteiger partial charge in [0, 0.05) is 40.7 Å². The highest BCUT2D eigenvalue weighted by atomic mass is 32.1. The monoisotopic (exact) mass is 306 g/mol. The summed E-state index contributed by atoms with van der Waals surface area (Å²) < 4.78 is 0.900. The van der Waals surface area contributed by atoms with E-state index in [1.807, 2.05) is 18.7 Å². The van der Waals surface area contributed by atoms with E-state index in [0.29, 0.717) is 24.0 Å². The van der Waals surface area contributed by atoms with Gasteiger partial charge in [0.2, 0.25) is 0 Å². The zero-order valence-electron chi connectivity index (χ0n) is 12.2. The number of carbonyl (C=O) groups excluding carboxylic acids is 1. The van der Waals surface area contributed by atoms with Crippen LogP contribution in [-0.4, -0.2) is 28.8 Å². The van der Waals surface area contributed by atoms with Crippen LogP contribution in [0.4, 0.5) is 5.69 Å². The molecule has 0 saturated carbocycles. The number of amides is 1. The maximum atomic E-state index is 12.6. The van der Waals surface area contributed by atoms with E-state index in [9.17, 15) is 14.9 Å². The zero-order chi connectivity index (χ0) is 15.4. The van der Waals surface area contributed by atoms with Crippen LogP contribution in [0.25, 0.3) is 10.1 Å². The third-order valence-corrected chi connectivity index (χ3v) is 4.24. The number of benzene rings is 1. The van der Waals surface area contributed by atoms with Crippen LogP contribution in [0.3, 0.4) is 0 Å². The lowest BCUT2D eigenvalue weighted by Gasteiger charge is -2.21. The number of rotatable bonds is 6. The summed E-state index contributed by atoms with van der Waals surface area (Å²) in [7, 11) is 0. The van der Waals surface area contributed by atoms with Gasteiger partial charge in [0.15, 0.2) is 0 Å². The molecule has 0 N–H and O–H groups in total. The molecule has 1 heterocycles. The van der Waals surface area contributed by atoms with Crippen molar-refractivity contribution in [2.24, 2.45) is 0 Å². The van der Waals surface area contributed by atoms with Gasteiger partial charge in [-0.25, -0.2) is 0 Å². The van der Waals surface area contributed by atoms with Crippen LogP contribution in [0.5, 0.6) is 0 Å². The Labute approximate surface area is 127 Å². The average Bonchev–Trinajstić information content (AvgIpc) is 2.89. The highest BCUT2D eigenvalue weighted by Gasteiger charge is 2.19. The molecule has 21 heavy (non-hydrogen) atoms. The number of nitro benzene ring substituents is 1. The molecule has 112 valence electrons. The van der Waals surface area contributed by atoms with E-state index in [4.69, 9.17) is 0 Å². The molecule has 2 rings (SSSR count). The fraction of sp³-hybridized carbons (Fsp3) is 0.400. The summed E-state index contributed by atoms with van der Waals surface area (Å²) in [5, 5.41) is 13.4. The SMILES string of the molecule is CCCN(CCC)C(=O)c1csc2ccc([N+](=O)[O-])cc12. The van der Waals surface area contributed by atoms with Crippen molar-refractivity contribution in [3.8, 4) is 0 Å². The first-order chi connectivity index (χ1) is 10.1. The summed E-state index contributed by atoms with van der Waals surface area (Å²) in [6, 6.07) is 4.68. The number of hydrogen-bond acceptors (Lipinski definition) is 4. The molecule has 0 atom stereocenters. The number of hydrogen-bond donors (Lipinski definition) is 0. The van der Waals surface area contributed by atoms with E-state index < -0.39 is 4.92 Å². The van der Waals surface area contributed by atoms with Gasteiger partial charge in [-0.1, -0.05) is 13.8 Å². The maximum absolute atomic E-state index is 12.6. The summed E-state index contributed by atoms with van der Waals surface area (Å²) >= 11 is 1.45. The summed E-state index contributed by atoms with van der Waals surface area (Å²) in [4.78, 5) is 24.9. The lowest BCUT2D eigenvalue weighted by atomic mass is 10.1. The Morgan fingerprint density at radius 2 is 1.95 bits per heavy atom. The van der Waals surface area contributed by atoms with Gasteiger partial charge in [-0.15, -0.1) is 11.3 Å². The van der Waals surface area contributed by atoms with Gasteiger partial charge in [-0.2, -0.15) is 0 Å². The van der Waals surface area contributed by atoms with Gasteiger partial charge >= 0.3 is 0 Å². The minimum atomic E-state index is -0.429. The van der Waals surface area contributed by atoms with Crippen LogP contribution in [0, 0.1) is 10.1 Å². The Kier molecular flexibility index (Phi) is 4.90. The number of nitrogens with zero attached hydrogens (tertiary/aromatic N) is 2. The average molecular weight is 306 g/mol. The molecule has 0 unspecified atom stereocenters. The molecule has 0 saturated heterocycles. The Balaban J connectivity index is 2.42. The molecule has 1 amide bonds. The van der Waals surface area contributed by atoms with Crippen molar-refractivity contribution in [1.29, 1.82) is 0 Å². The molecule has 0 radical (unpaired) electrons. The van der Waals surface area contributed by atoms with Gasteiger partial charge in [0.05, 0.1) is 10.5 Å². The summed E-state index contributed by atoms with van der Waals surface area (Å²) in [6.07, 6.45) is 1.79. The third-order valence-electron chi connectivity index (χ3n) is 3.27. The van der Waals surface area contributed by atoms with Crippen molar-refractivity contribution in [3.05, 3.63) is 39.3 Å². The summed E-state index contributed by atoms with van der Waals surface area (Å²) in [5.41, 5.74) is 0.591. The van der Waals surface area contributed by atoms with Crippen LogP contribution >= 0.6 is 11.3 Å². The molecule has 0 spiro atoms. The van der Waals surface area contributed by atoms with E-state index in [1.165, 1.54) is 23.5 Å². The number of non-ortho nitro benzene ring substituents is 1. The maximum Gasteiger partial charge on any atom is 0.270 e. The van der Waals surface area contributed by atoms with Crippen LogP contribution < -0.4 is 0 Å². The second-order valence-corrected chi connectivity index (χ2v) is 5.79. The predicted octanol–water partition coefficient (Wildman–Crippen LogP) is 4.07. The molecule has 1 aromatic carbocycles. The number of carbonyl (C=O) groups is 1. The quantitative estimate of drug-likeness (QED) is 0.597. The van der Waals surface area contributed by atoms with E-state index >= 15 is 0 Å². The van der Waals surface area contributed by atoms with Crippen molar-refractivity contribution < 1.29 is 9.72 Å². The van der Waals surface area contributed by atoms with Crippen molar-refractivity contribution in [2.75, 3.05) is 13.1 Å². The van der Waals surface area contributed by atoms with Gasteiger partial charge in [0.1, 0.15) is 0 Å². The van der Waals surface area contributed by atoms with Gasteiger partial charge in [-0.3, -0.25) is 14.9 Å². The van der Waals surface area contributed by atoms with Crippen molar-refractivity contribution in [3.63, 3.8) is 0 Å². The van der Waals surface area contributed by atoms with Gasteiger partial charge < -0.3 is 4.90 Å². The van der Waals surface area contributed by atoms with E-state index in [-0.39, 0.29) is 11.6 Å². The molecule has 2 aromatic rings. The minimum absolute atomic E-state index is 0.0208. The molecule has 5 nitrogen and oxygen atoms in total. The summed E-state index contributed by atoms with van der Waals surface area (Å²) in [5.74, 6) is -0.0366. The number of nitro groups is 1. The Morgan fingerprint density at radius 1 is 1.29 bits per heavy atom. The smallest absolute Gasteiger partial charge is 0.270 e. The Hall–Kier alpha value is -1.95. The molecule has 0 fully saturated rings. The molecule has 6 heteroatoms. The third kappa shape index (κ3) is 3.21. The highest BCUT2D eigenvalue weighted by Crippen LogP contribution is 2.30. The molecule has 1 aromatic heterocycles. The normalized spacial score (nSPS) is 10.8. The van der Waals surface area contributed by atoms with E-state index in [1.54, 1.807) is 11.4 Å². The fourth-order valence-corrected chi connectivity index (χ4v) is 3.24. The molecule has 0 bridgehead atoms. The second-order valence-electron chi connectivity index (χ2n) is 4.88. The fourth-order valence-electron chi connectivity index (χ4n) is 2.32. The first-order valence-corrected chi connectivity index (χ1v) is 7.91. The standard InChI is InChI=1S/C15H18N2O3S/c1-3-7-16(8-4-2)15(18)13-10-21-14-6-5-11(17(19)20)9-12(13)14/h5-6,9-10H,3-4,7-8H2,1-2H3. The lowest BCUT2D eigenvalue weighted by molar-refractivity contribution is -0.384. The number of thiophene rings is 1. The molecule has 0 aliphatic carbocycles. The molecule has 0 aliphatic rings. The van der Waals surface area contributed by atoms with Gasteiger partial charge in [0.25, 0.3) is 11.6 Å². The second kappa shape index (κ2) is 6.67. The van der Waals surface area contributed by atoms with E-state index in [2.05, 4.69) is 0 Å². The summed E-state index contributed by atoms with van der Waals surface area (Å²) in [6.45, 7) is 5.48. The van der Waals surface area contributed by atoms with Crippen molar-refractivity contribution >= 4 is 33.0 Å². The predicted molar refractivity (Wildman–Crippen MR) is 85.0 cm³/mol. The van der Waals surface area contributed by atoms with Crippen LogP contribution in [-0.2, 0) is 0 Å². The number of fused-ring (bicyclic) bond motifs is 1. The zero-order valence-corrected chi connectivity index (χ0v) is 13.0. The largest absolute Gasteiger partial charge is 0.339 e. The van der Waals surface area contributed by atoms with Crippen LogP contribution in [0.1, 0.15) is 37.0 Å².